The monoisotopic (exact) mass is 411 g/mol. The van der Waals surface area contributed by atoms with Crippen LogP contribution in [0, 0.1) is 0 Å². The summed E-state index contributed by atoms with van der Waals surface area (Å²) in [7, 11) is 0. The van der Waals surface area contributed by atoms with Crippen molar-refractivity contribution in [2.45, 2.75) is 12.7 Å². The van der Waals surface area contributed by atoms with Gasteiger partial charge in [-0.3, -0.25) is 0 Å². The summed E-state index contributed by atoms with van der Waals surface area (Å²) < 4.78 is 30.3. The molecule has 1 aromatic carbocycles. The Bertz CT molecular complexity index is 540. The number of halogens is 4. The summed E-state index contributed by atoms with van der Waals surface area (Å²) in [5.41, 5.74) is 6.97. The van der Waals surface area contributed by atoms with Crippen LogP contribution in [0.4, 0.5) is 8.78 Å². The Hall–Kier alpha value is -0.500. The Morgan fingerprint density at radius 3 is 2.26 bits per heavy atom. The molecule has 0 saturated heterocycles. The molecule has 1 heterocycles. The van der Waals surface area contributed by atoms with Gasteiger partial charge in [0.1, 0.15) is 5.75 Å². The number of thiophene rings is 1. The summed E-state index contributed by atoms with van der Waals surface area (Å²) in [6.07, 6.45) is 0. The summed E-state index contributed by atoms with van der Waals surface area (Å²) in [5.74, 6) is 0.125. The molecular formula is C12H9Br2F2NOS. The van der Waals surface area contributed by atoms with Crippen LogP contribution in [0.1, 0.15) is 16.5 Å². The topological polar surface area (TPSA) is 35.2 Å². The zero-order valence-electron chi connectivity index (χ0n) is 9.45. The molecule has 0 aliphatic heterocycles. The Labute approximate surface area is 129 Å². The van der Waals surface area contributed by atoms with Crippen LogP contribution in [0.2, 0.25) is 0 Å². The van der Waals surface area contributed by atoms with Gasteiger partial charge in [-0.2, -0.15) is 8.78 Å². The molecule has 0 saturated carbocycles. The highest BCUT2D eigenvalue weighted by Crippen LogP contribution is 2.36. The van der Waals surface area contributed by atoms with Gasteiger partial charge in [0.15, 0.2) is 0 Å². The molecule has 0 bridgehead atoms. The van der Waals surface area contributed by atoms with Gasteiger partial charge in [-0.1, -0.05) is 12.1 Å². The molecule has 2 rings (SSSR count). The average molecular weight is 413 g/mol. The van der Waals surface area contributed by atoms with E-state index >= 15 is 0 Å². The van der Waals surface area contributed by atoms with Crippen LogP contribution >= 0.6 is 43.2 Å². The zero-order valence-corrected chi connectivity index (χ0v) is 13.4. The van der Waals surface area contributed by atoms with Crippen LogP contribution < -0.4 is 10.5 Å². The standard InChI is InChI=1S/C12H9Br2F2NOS/c13-8-5-9(19-11(8)14)10(17)6-1-3-7(4-2-6)18-12(15)16/h1-5,10,12H,17H2. The second-order valence-corrected chi connectivity index (χ2v) is 6.95. The van der Waals surface area contributed by atoms with Crippen LogP contribution in [0.25, 0.3) is 0 Å². The summed E-state index contributed by atoms with van der Waals surface area (Å²) in [4.78, 5) is 0.973. The molecule has 1 unspecified atom stereocenters. The molecule has 1 atom stereocenters. The van der Waals surface area contributed by atoms with E-state index in [-0.39, 0.29) is 11.8 Å². The first-order chi connectivity index (χ1) is 8.97. The predicted octanol–water partition coefficient (Wildman–Crippen LogP) is 4.92. The van der Waals surface area contributed by atoms with Crippen molar-refractivity contribution in [2.75, 3.05) is 0 Å². The van der Waals surface area contributed by atoms with Gasteiger partial charge in [-0.25, -0.2) is 0 Å². The summed E-state index contributed by atoms with van der Waals surface area (Å²) in [6.45, 7) is -2.82. The second-order valence-electron chi connectivity index (χ2n) is 3.70. The minimum Gasteiger partial charge on any atom is -0.435 e. The van der Waals surface area contributed by atoms with E-state index in [1.54, 1.807) is 12.1 Å². The van der Waals surface area contributed by atoms with E-state index in [1.165, 1.54) is 23.5 Å². The maximum absolute atomic E-state index is 12.0. The quantitative estimate of drug-likeness (QED) is 0.773. The van der Waals surface area contributed by atoms with E-state index in [1.807, 2.05) is 6.07 Å². The number of nitrogens with two attached hydrogens (primary N) is 1. The van der Waals surface area contributed by atoms with Crippen LogP contribution in [0.15, 0.2) is 38.6 Å². The fourth-order valence-electron chi connectivity index (χ4n) is 1.54. The Morgan fingerprint density at radius 1 is 1.16 bits per heavy atom. The minimum absolute atomic E-state index is 0.125. The van der Waals surface area contributed by atoms with Crippen LogP contribution in [0.3, 0.4) is 0 Å². The highest BCUT2D eigenvalue weighted by Gasteiger charge is 2.14. The fraction of sp³-hybridized carbons (Fsp3) is 0.167. The molecule has 2 N–H and O–H groups in total. The van der Waals surface area contributed by atoms with Crippen molar-refractivity contribution in [2.24, 2.45) is 5.73 Å². The molecule has 0 aliphatic carbocycles. The van der Waals surface area contributed by atoms with E-state index in [4.69, 9.17) is 5.73 Å². The number of hydrogen-bond acceptors (Lipinski definition) is 3. The van der Waals surface area contributed by atoms with Gasteiger partial charge in [0.05, 0.1) is 9.83 Å². The average Bonchev–Trinajstić information content (AvgIpc) is 2.69. The lowest BCUT2D eigenvalue weighted by Crippen LogP contribution is -2.10. The van der Waals surface area contributed by atoms with Gasteiger partial charge in [0, 0.05) is 9.35 Å². The number of benzene rings is 1. The van der Waals surface area contributed by atoms with Crippen molar-refractivity contribution in [3.05, 3.63) is 49.0 Å². The van der Waals surface area contributed by atoms with Crippen LogP contribution in [-0.4, -0.2) is 6.61 Å². The van der Waals surface area contributed by atoms with Crippen molar-refractivity contribution in [1.29, 1.82) is 0 Å². The van der Waals surface area contributed by atoms with Crippen molar-refractivity contribution < 1.29 is 13.5 Å². The Kier molecular flexibility index (Phi) is 4.94. The van der Waals surface area contributed by atoms with Gasteiger partial charge in [0.2, 0.25) is 0 Å². The van der Waals surface area contributed by atoms with Gasteiger partial charge < -0.3 is 10.5 Å². The van der Waals surface area contributed by atoms with Gasteiger partial charge in [-0.05, 0) is 55.6 Å². The highest BCUT2D eigenvalue weighted by atomic mass is 79.9. The highest BCUT2D eigenvalue weighted by molar-refractivity contribution is 9.13. The molecule has 0 spiro atoms. The third-order valence-electron chi connectivity index (χ3n) is 2.44. The molecule has 0 radical (unpaired) electrons. The Balaban J connectivity index is 2.17. The maximum Gasteiger partial charge on any atom is 0.387 e. The third kappa shape index (κ3) is 3.75. The second kappa shape index (κ2) is 6.30. The van der Waals surface area contributed by atoms with Gasteiger partial charge in [-0.15, -0.1) is 11.3 Å². The van der Waals surface area contributed by atoms with Crippen molar-refractivity contribution in [1.82, 2.24) is 0 Å². The molecule has 7 heteroatoms. The third-order valence-corrected chi connectivity index (χ3v) is 5.77. The molecular weight excluding hydrogens is 404 g/mol. The number of hydrogen-bond donors (Lipinski definition) is 1. The van der Waals surface area contributed by atoms with Crippen LogP contribution in [-0.2, 0) is 0 Å². The normalized spacial score (nSPS) is 12.7. The SMILES string of the molecule is NC(c1ccc(OC(F)F)cc1)c1cc(Br)c(Br)s1. The van der Waals surface area contributed by atoms with Gasteiger partial charge in [0.25, 0.3) is 0 Å². The summed E-state index contributed by atoms with van der Waals surface area (Å²) in [6, 6.07) is 7.97. The first-order valence-electron chi connectivity index (χ1n) is 5.22. The summed E-state index contributed by atoms with van der Waals surface area (Å²) in [5, 5.41) is 0. The van der Waals surface area contributed by atoms with Gasteiger partial charge >= 0.3 is 6.61 Å². The first-order valence-corrected chi connectivity index (χ1v) is 7.62. The molecule has 102 valence electrons. The fourth-order valence-corrected chi connectivity index (χ4v) is 3.66. The van der Waals surface area contributed by atoms with Crippen molar-refractivity contribution in [3.8, 4) is 5.75 Å². The largest absolute Gasteiger partial charge is 0.435 e. The van der Waals surface area contributed by atoms with Crippen LogP contribution in [0.5, 0.6) is 5.75 Å². The smallest absolute Gasteiger partial charge is 0.387 e. The maximum atomic E-state index is 12.0. The lowest BCUT2D eigenvalue weighted by molar-refractivity contribution is -0.0498. The molecule has 2 nitrogen and oxygen atoms in total. The predicted molar refractivity (Wildman–Crippen MR) is 78.8 cm³/mol. The number of ether oxygens (including phenoxy) is 1. The van der Waals surface area contributed by atoms with E-state index in [9.17, 15) is 8.78 Å². The molecule has 19 heavy (non-hydrogen) atoms. The lowest BCUT2D eigenvalue weighted by atomic mass is 10.1. The summed E-state index contributed by atoms with van der Waals surface area (Å²) >= 11 is 8.33. The van der Waals surface area contributed by atoms with E-state index < -0.39 is 6.61 Å². The first kappa shape index (κ1) is 14.9. The number of alkyl halides is 2. The lowest BCUT2D eigenvalue weighted by Gasteiger charge is -2.11. The molecule has 1 aromatic heterocycles. The molecule has 2 aromatic rings. The van der Waals surface area contributed by atoms with Crippen molar-refractivity contribution >= 4 is 43.2 Å². The van der Waals surface area contributed by atoms with E-state index in [0.29, 0.717) is 0 Å². The van der Waals surface area contributed by atoms with Crippen molar-refractivity contribution in [3.63, 3.8) is 0 Å². The number of rotatable bonds is 4. The molecule has 0 aliphatic rings. The van der Waals surface area contributed by atoms with E-state index in [0.717, 1.165) is 18.7 Å². The molecule has 0 fully saturated rings. The zero-order chi connectivity index (χ0) is 14.0. The Morgan fingerprint density at radius 2 is 1.79 bits per heavy atom. The molecule has 0 amide bonds. The minimum atomic E-state index is -2.82. The van der Waals surface area contributed by atoms with E-state index in [2.05, 4.69) is 36.6 Å².